The van der Waals surface area contributed by atoms with Gasteiger partial charge in [0.1, 0.15) is 11.9 Å². The highest BCUT2D eigenvalue weighted by Crippen LogP contribution is 2.43. The Labute approximate surface area is 106 Å². The first-order valence-electron chi connectivity index (χ1n) is 6.33. The summed E-state index contributed by atoms with van der Waals surface area (Å²) in [5.74, 6) is 1.04. The Kier molecular flexibility index (Phi) is 2.57. The van der Waals surface area contributed by atoms with Gasteiger partial charge in [-0.25, -0.2) is 4.98 Å². The Morgan fingerprint density at radius 1 is 1.50 bits per heavy atom. The molecule has 18 heavy (non-hydrogen) atoms. The molecule has 0 aromatic carbocycles. The molecule has 0 amide bonds. The highest BCUT2D eigenvalue weighted by Gasteiger charge is 2.42. The molecular formula is C14H16N4. The van der Waals surface area contributed by atoms with Crippen LogP contribution in [-0.4, -0.2) is 23.0 Å². The number of fused-ring (bicyclic) bond motifs is 1. The van der Waals surface area contributed by atoms with Crippen LogP contribution in [0.1, 0.15) is 30.8 Å². The molecule has 0 unspecified atom stereocenters. The molecular weight excluding hydrogens is 224 g/mol. The summed E-state index contributed by atoms with van der Waals surface area (Å²) in [5.41, 5.74) is 1.55. The third-order valence-corrected chi connectivity index (χ3v) is 3.95. The van der Waals surface area contributed by atoms with Crippen LogP contribution in [0, 0.1) is 11.3 Å². The number of hydrogen-bond acceptors (Lipinski definition) is 3. The summed E-state index contributed by atoms with van der Waals surface area (Å²) >= 11 is 0. The monoisotopic (exact) mass is 240 g/mol. The van der Waals surface area contributed by atoms with Crippen LogP contribution in [0.5, 0.6) is 0 Å². The topological polar surface area (TPSA) is 53.1 Å². The molecule has 0 atom stereocenters. The first kappa shape index (κ1) is 11.2. The van der Waals surface area contributed by atoms with Gasteiger partial charge in [-0.3, -0.25) is 0 Å². The average Bonchev–Trinajstić information content (AvgIpc) is 2.73. The van der Waals surface area contributed by atoms with Gasteiger partial charge in [0.2, 0.25) is 0 Å². The number of imidazole rings is 1. The molecule has 0 bridgehead atoms. The van der Waals surface area contributed by atoms with Crippen molar-refractivity contribution in [1.29, 1.82) is 5.26 Å². The quantitative estimate of drug-likeness (QED) is 0.890. The van der Waals surface area contributed by atoms with Gasteiger partial charge < -0.3 is 9.72 Å². The van der Waals surface area contributed by atoms with Crippen LogP contribution < -0.4 is 5.32 Å². The first-order chi connectivity index (χ1) is 8.80. The second kappa shape index (κ2) is 4.11. The van der Waals surface area contributed by atoms with E-state index in [2.05, 4.69) is 20.8 Å². The number of nitriles is 1. The van der Waals surface area contributed by atoms with Gasteiger partial charge in [-0.15, -0.1) is 0 Å². The molecule has 1 aliphatic rings. The molecule has 4 nitrogen and oxygen atoms in total. The van der Waals surface area contributed by atoms with Crippen molar-refractivity contribution in [2.45, 2.75) is 24.7 Å². The maximum absolute atomic E-state index is 9.19. The van der Waals surface area contributed by atoms with Crippen LogP contribution in [0.15, 0.2) is 24.4 Å². The van der Waals surface area contributed by atoms with Gasteiger partial charge in [-0.2, -0.15) is 5.26 Å². The summed E-state index contributed by atoms with van der Waals surface area (Å²) in [6.45, 7) is 0.922. The van der Waals surface area contributed by atoms with Crippen LogP contribution in [0.4, 0.5) is 0 Å². The van der Waals surface area contributed by atoms with Gasteiger partial charge in [0.05, 0.1) is 5.52 Å². The first-order valence-corrected chi connectivity index (χ1v) is 6.33. The molecule has 4 heteroatoms. The highest BCUT2D eigenvalue weighted by molar-refractivity contribution is 5.59. The smallest absolute Gasteiger partial charge is 0.166 e. The zero-order chi connectivity index (χ0) is 12.6. The summed E-state index contributed by atoms with van der Waals surface area (Å²) < 4.78 is 2.08. The van der Waals surface area contributed by atoms with E-state index < -0.39 is 0 Å². The molecule has 0 saturated heterocycles. The number of likely N-dealkylation sites (N-methyl/N-ethyl adjacent to an activating group) is 1. The van der Waals surface area contributed by atoms with Crippen molar-refractivity contribution < 1.29 is 0 Å². The van der Waals surface area contributed by atoms with Gasteiger partial charge in [-0.1, -0.05) is 12.5 Å². The lowest BCUT2D eigenvalue weighted by Crippen LogP contribution is -2.44. The molecule has 1 N–H and O–H groups in total. The molecule has 2 aromatic rings. The summed E-state index contributed by atoms with van der Waals surface area (Å²) in [7, 11) is 1.97. The third kappa shape index (κ3) is 1.44. The zero-order valence-corrected chi connectivity index (χ0v) is 10.5. The van der Waals surface area contributed by atoms with Crippen LogP contribution in [0.2, 0.25) is 0 Å². The fourth-order valence-corrected chi connectivity index (χ4v) is 2.92. The van der Waals surface area contributed by atoms with E-state index in [1.165, 1.54) is 6.42 Å². The maximum atomic E-state index is 9.19. The fraction of sp³-hybridized carbons (Fsp3) is 0.429. The van der Waals surface area contributed by atoms with Gasteiger partial charge in [0, 0.05) is 18.2 Å². The molecule has 92 valence electrons. The fourth-order valence-electron chi connectivity index (χ4n) is 2.92. The molecule has 3 rings (SSSR count). The SMILES string of the molecule is CNCC1(c2nc(C#N)c3ccccn23)CCC1. The van der Waals surface area contributed by atoms with Gasteiger partial charge in [0.25, 0.3) is 0 Å². The van der Waals surface area contributed by atoms with Crippen LogP contribution in [0.3, 0.4) is 0 Å². The predicted octanol–water partition coefficient (Wildman–Crippen LogP) is 1.85. The third-order valence-electron chi connectivity index (χ3n) is 3.95. The average molecular weight is 240 g/mol. The number of nitrogens with zero attached hydrogens (tertiary/aromatic N) is 3. The molecule has 1 aliphatic carbocycles. The molecule has 1 saturated carbocycles. The molecule has 0 spiro atoms. The normalized spacial score (nSPS) is 17.3. The van der Waals surface area contributed by atoms with E-state index in [-0.39, 0.29) is 5.41 Å². The second-order valence-corrected chi connectivity index (χ2v) is 5.02. The van der Waals surface area contributed by atoms with E-state index in [0.29, 0.717) is 5.69 Å². The number of nitrogens with one attached hydrogen (secondary N) is 1. The van der Waals surface area contributed by atoms with E-state index in [1.807, 2.05) is 31.4 Å². The van der Waals surface area contributed by atoms with Gasteiger partial charge >= 0.3 is 0 Å². The van der Waals surface area contributed by atoms with Crippen LogP contribution in [-0.2, 0) is 5.41 Å². The lowest BCUT2D eigenvalue weighted by atomic mass is 9.68. The van der Waals surface area contributed by atoms with Crippen molar-refractivity contribution in [3.05, 3.63) is 35.9 Å². The van der Waals surface area contributed by atoms with E-state index in [4.69, 9.17) is 0 Å². The Hall–Kier alpha value is -1.86. The molecule has 0 radical (unpaired) electrons. The molecule has 2 heterocycles. The van der Waals surface area contributed by atoms with Gasteiger partial charge in [-0.05, 0) is 32.0 Å². The Bertz CT molecular complexity index is 616. The largest absolute Gasteiger partial charge is 0.319 e. The molecule has 2 aromatic heterocycles. The minimum absolute atomic E-state index is 0.105. The zero-order valence-electron chi connectivity index (χ0n) is 10.5. The standard InChI is InChI=1S/C14H16N4/c1-16-10-14(6-4-7-14)13-17-11(9-15)12-5-2-3-8-18(12)13/h2-3,5,8,16H,4,6-7,10H2,1H3. The summed E-state index contributed by atoms with van der Waals surface area (Å²) in [6, 6.07) is 8.10. The molecule has 0 aliphatic heterocycles. The Balaban J connectivity index is 2.20. The Morgan fingerprint density at radius 3 is 2.94 bits per heavy atom. The lowest BCUT2D eigenvalue weighted by Gasteiger charge is -2.40. The summed E-state index contributed by atoms with van der Waals surface area (Å²) in [6.07, 6.45) is 5.54. The number of rotatable bonds is 3. The van der Waals surface area contributed by atoms with E-state index in [9.17, 15) is 5.26 Å². The van der Waals surface area contributed by atoms with Crippen LogP contribution in [0.25, 0.3) is 5.52 Å². The van der Waals surface area contributed by atoms with E-state index in [0.717, 1.165) is 30.7 Å². The summed E-state index contributed by atoms with van der Waals surface area (Å²) in [4.78, 5) is 4.58. The predicted molar refractivity (Wildman–Crippen MR) is 69.4 cm³/mol. The minimum Gasteiger partial charge on any atom is -0.319 e. The Morgan fingerprint density at radius 2 is 2.33 bits per heavy atom. The van der Waals surface area contributed by atoms with Crippen molar-refractivity contribution in [3.63, 3.8) is 0 Å². The van der Waals surface area contributed by atoms with Crippen LogP contribution >= 0.6 is 0 Å². The highest BCUT2D eigenvalue weighted by atomic mass is 15.1. The summed E-state index contributed by atoms with van der Waals surface area (Å²) in [5, 5.41) is 12.5. The number of hydrogen-bond donors (Lipinski definition) is 1. The van der Waals surface area contributed by atoms with Crippen molar-refractivity contribution in [2.24, 2.45) is 0 Å². The van der Waals surface area contributed by atoms with E-state index >= 15 is 0 Å². The van der Waals surface area contributed by atoms with Crippen molar-refractivity contribution >= 4 is 5.52 Å². The minimum atomic E-state index is 0.105. The second-order valence-electron chi connectivity index (χ2n) is 5.02. The number of pyridine rings is 1. The maximum Gasteiger partial charge on any atom is 0.166 e. The van der Waals surface area contributed by atoms with Gasteiger partial charge in [0.15, 0.2) is 5.69 Å². The van der Waals surface area contributed by atoms with E-state index in [1.54, 1.807) is 0 Å². The van der Waals surface area contributed by atoms with Crippen molar-refractivity contribution in [3.8, 4) is 6.07 Å². The van der Waals surface area contributed by atoms with Crippen molar-refractivity contribution in [1.82, 2.24) is 14.7 Å². The number of aromatic nitrogens is 2. The molecule has 1 fully saturated rings. The van der Waals surface area contributed by atoms with Crippen molar-refractivity contribution in [2.75, 3.05) is 13.6 Å². The lowest BCUT2D eigenvalue weighted by molar-refractivity contribution is 0.224.